The largest absolute Gasteiger partial charge is 0.481 e. The molecule has 5 nitrogen and oxygen atoms in total. The number of hydrogen-bond acceptors (Lipinski definition) is 3. The summed E-state index contributed by atoms with van der Waals surface area (Å²) < 4.78 is 5.68. The van der Waals surface area contributed by atoms with E-state index in [1.165, 1.54) is 0 Å². The first kappa shape index (κ1) is 20.4. The van der Waals surface area contributed by atoms with E-state index in [2.05, 4.69) is 10.6 Å². The minimum atomic E-state index is -0.688. The second-order valence-corrected chi connectivity index (χ2v) is 6.99. The highest BCUT2D eigenvalue weighted by atomic mass is 35.5. The summed E-state index contributed by atoms with van der Waals surface area (Å²) in [6.45, 7) is 3.54. The fraction of sp³-hybridized carbons (Fsp3) is 0.130. The molecule has 0 aliphatic heterocycles. The van der Waals surface area contributed by atoms with Crippen molar-refractivity contribution in [3.8, 4) is 5.75 Å². The summed E-state index contributed by atoms with van der Waals surface area (Å²) in [5.41, 5.74) is 2.76. The maximum atomic E-state index is 12.4. The maximum Gasteiger partial charge on any atom is 0.265 e. The van der Waals surface area contributed by atoms with E-state index >= 15 is 0 Å². The normalized spacial score (nSPS) is 11.4. The van der Waals surface area contributed by atoms with Crippen molar-refractivity contribution in [1.82, 2.24) is 0 Å². The lowest BCUT2D eigenvalue weighted by Crippen LogP contribution is -2.30. The van der Waals surface area contributed by atoms with Crippen LogP contribution in [0.2, 0.25) is 5.02 Å². The molecular weight excluding hydrogens is 388 g/mol. The first-order valence-corrected chi connectivity index (χ1v) is 9.50. The number of amides is 2. The van der Waals surface area contributed by atoms with Crippen LogP contribution in [0.25, 0.3) is 0 Å². The second-order valence-electron chi connectivity index (χ2n) is 6.55. The highest BCUT2D eigenvalue weighted by Crippen LogP contribution is 2.21. The van der Waals surface area contributed by atoms with Crippen LogP contribution in [0.5, 0.6) is 5.75 Å². The van der Waals surface area contributed by atoms with Crippen molar-refractivity contribution in [3.05, 3.63) is 88.9 Å². The molecule has 0 fully saturated rings. The summed E-state index contributed by atoms with van der Waals surface area (Å²) in [5, 5.41) is 6.27. The Morgan fingerprint density at radius 3 is 2.28 bits per heavy atom. The number of hydrogen-bond donors (Lipinski definition) is 2. The quantitative estimate of drug-likeness (QED) is 0.581. The SMILES string of the molecule is Cc1cc(Cl)ccc1NC(=O)c1ccc(O[C@H](C)C(=O)Nc2ccccc2)cc1. The lowest BCUT2D eigenvalue weighted by Gasteiger charge is -2.15. The highest BCUT2D eigenvalue weighted by Gasteiger charge is 2.15. The fourth-order valence-electron chi connectivity index (χ4n) is 2.67. The number of aryl methyl sites for hydroxylation is 1. The van der Waals surface area contributed by atoms with Gasteiger partial charge < -0.3 is 15.4 Å². The Hall–Kier alpha value is -3.31. The van der Waals surface area contributed by atoms with Gasteiger partial charge in [0.2, 0.25) is 0 Å². The number of rotatable bonds is 6. The van der Waals surface area contributed by atoms with E-state index in [0.717, 1.165) is 5.56 Å². The van der Waals surface area contributed by atoms with Gasteiger partial charge in [-0.1, -0.05) is 29.8 Å². The molecule has 29 heavy (non-hydrogen) atoms. The van der Waals surface area contributed by atoms with Gasteiger partial charge >= 0.3 is 0 Å². The molecule has 0 heterocycles. The topological polar surface area (TPSA) is 67.4 Å². The molecule has 0 saturated carbocycles. The number of carbonyl (C=O) groups excluding carboxylic acids is 2. The van der Waals surface area contributed by atoms with Crippen molar-refractivity contribution in [1.29, 1.82) is 0 Å². The zero-order valence-corrected chi connectivity index (χ0v) is 16.9. The highest BCUT2D eigenvalue weighted by molar-refractivity contribution is 6.30. The third-order valence-corrected chi connectivity index (χ3v) is 4.51. The van der Waals surface area contributed by atoms with Crippen molar-refractivity contribution in [2.24, 2.45) is 0 Å². The molecule has 148 valence electrons. The summed E-state index contributed by atoms with van der Waals surface area (Å²) in [5.74, 6) is 0.00742. The molecule has 2 N–H and O–H groups in total. The summed E-state index contributed by atoms with van der Waals surface area (Å²) in [6, 6.07) is 21.1. The first-order valence-electron chi connectivity index (χ1n) is 9.12. The number of ether oxygens (including phenoxy) is 1. The molecule has 0 aliphatic rings. The first-order chi connectivity index (χ1) is 13.9. The van der Waals surface area contributed by atoms with Crippen molar-refractivity contribution in [2.45, 2.75) is 20.0 Å². The van der Waals surface area contributed by atoms with Gasteiger partial charge in [-0.05, 0) is 74.0 Å². The maximum absolute atomic E-state index is 12.4. The molecule has 3 aromatic rings. The molecule has 6 heteroatoms. The van der Waals surface area contributed by atoms with Gasteiger partial charge in [0.25, 0.3) is 11.8 Å². The summed E-state index contributed by atoms with van der Waals surface area (Å²) in [4.78, 5) is 24.7. The third kappa shape index (κ3) is 5.59. The Kier molecular flexibility index (Phi) is 6.52. The molecule has 3 aromatic carbocycles. The van der Waals surface area contributed by atoms with E-state index in [4.69, 9.17) is 16.3 Å². The van der Waals surface area contributed by atoms with E-state index in [1.54, 1.807) is 61.5 Å². The molecule has 2 amide bonds. The molecule has 0 saturated heterocycles. The smallest absolute Gasteiger partial charge is 0.265 e. The monoisotopic (exact) mass is 408 g/mol. The van der Waals surface area contributed by atoms with Crippen LogP contribution >= 0.6 is 11.6 Å². The predicted molar refractivity (Wildman–Crippen MR) is 116 cm³/mol. The number of anilines is 2. The van der Waals surface area contributed by atoms with Crippen LogP contribution in [0.1, 0.15) is 22.8 Å². The zero-order chi connectivity index (χ0) is 20.8. The standard InChI is InChI=1S/C23H21ClN2O3/c1-15-14-18(24)10-13-21(15)26-23(28)17-8-11-20(12-9-17)29-16(2)22(27)25-19-6-4-3-5-7-19/h3-14,16H,1-2H3,(H,25,27)(H,26,28)/t16-/m1/s1. The lowest BCUT2D eigenvalue weighted by molar-refractivity contribution is -0.122. The molecular formula is C23H21ClN2O3. The number of carbonyl (C=O) groups is 2. The van der Waals surface area contributed by atoms with E-state index < -0.39 is 6.10 Å². The Balaban J connectivity index is 1.59. The van der Waals surface area contributed by atoms with Crippen molar-refractivity contribution in [3.63, 3.8) is 0 Å². The van der Waals surface area contributed by atoms with Gasteiger partial charge in [-0.3, -0.25) is 9.59 Å². The van der Waals surface area contributed by atoms with Crippen LogP contribution in [0.4, 0.5) is 11.4 Å². The van der Waals surface area contributed by atoms with Gasteiger partial charge in [0, 0.05) is 22.0 Å². The van der Waals surface area contributed by atoms with E-state index in [9.17, 15) is 9.59 Å². The van der Waals surface area contributed by atoms with E-state index in [0.29, 0.717) is 27.7 Å². The second kappa shape index (κ2) is 9.26. The minimum absolute atomic E-state index is 0.239. The average molecular weight is 409 g/mol. The summed E-state index contributed by atoms with van der Waals surface area (Å²) in [6.07, 6.45) is -0.688. The average Bonchev–Trinajstić information content (AvgIpc) is 2.71. The van der Waals surface area contributed by atoms with E-state index in [-0.39, 0.29) is 11.8 Å². The molecule has 0 aromatic heterocycles. The molecule has 0 bridgehead atoms. The molecule has 0 radical (unpaired) electrons. The Morgan fingerprint density at radius 2 is 1.62 bits per heavy atom. The Morgan fingerprint density at radius 1 is 0.931 bits per heavy atom. The molecule has 0 aliphatic carbocycles. The van der Waals surface area contributed by atoms with E-state index in [1.807, 2.05) is 25.1 Å². The number of para-hydroxylation sites is 1. The molecule has 0 spiro atoms. The number of halogens is 1. The van der Waals surface area contributed by atoms with Crippen LogP contribution in [-0.2, 0) is 4.79 Å². The molecule has 1 atom stereocenters. The van der Waals surface area contributed by atoms with Gasteiger partial charge in [-0.25, -0.2) is 0 Å². The number of nitrogens with one attached hydrogen (secondary N) is 2. The van der Waals surface area contributed by atoms with Crippen LogP contribution in [0.15, 0.2) is 72.8 Å². The van der Waals surface area contributed by atoms with Gasteiger partial charge in [0.05, 0.1) is 0 Å². The van der Waals surface area contributed by atoms with Gasteiger partial charge in [-0.15, -0.1) is 0 Å². The van der Waals surface area contributed by atoms with Crippen LogP contribution in [0.3, 0.4) is 0 Å². The molecule has 3 rings (SSSR count). The van der Waals surface area contributed by atoms with Gasteiger partial charge in [0.1, 0.15) is 5.75 Å². The van der Waals surface area contributed by atoms with Crippen LogP contribution in [-0.4, -0.2) is 17.9 Å². The zero-order valence-electron chi connectivity index (χ0n) is 16.1. The van der Waals surface area contributed by atoms with Crippen LogP contribution in [0, 0.1) is 6.92 Å². The number of benzene rings is 3. The predicted octanol–water partition coefficient (Wildman–Crippen LogP) is 5.31. The molecule has 0 unspecified atom stereocenters. The van der Waals surface area contributed by atoms with Crippen molar-refractivity contribution in [2.75, 3.05) is 10.6 Å². The third-order valence-electron chi connectivity index (χ3n) is 4.28. The Bertz CT molecular complexity index is 1000. The Labute approximate surface area is 174 Å². The summed E-state index contributed by atoms with van der Waals surface area (Å²) in [7, 11) is 0. The van der Waals surface area contributed by atoms with Crippen molar-refractivity contribution < 1.29 is 14.3 Å². The van der Waals surface area contributed by atoms with Gasteiger partial charge in [0.15, 0.2) is 6.10 Å². The lowest BCUT2D eigenvalue weighted by atomic mass is 10.1. The van der Waals surface area contributed by atoms with Gasteiger partial charge in [-0.2, -0.15) is 0 Å². The summed E-state index contributed by atoms with van der Waals surface area (Å²) >= 11 is 5.94. The fourth-order valence-corrected chi connectivity index (χ4v) is 2.90. The minimum Gasteiger partial charge on any atom is -0.481 e. The van der Waals surface area contributed by atoms with Crippen molar-refractivity contribution >= 4 is 34.8 Å². The van der Waals surface area contributed by atoms with Crippen LogP contribution < -0.4 is 15.4 Å².